The monoisotopic (exact) mass is 142 g/mol. The molecule has 0 N–H and O–H groups in total. The summed E-state index contributed by atoms with van der Waals surface area (Å²) in [6, 6.07) is 0. The molecule has 0 saturated heterocycles. The number of allylic oxidation sites excluding steroid dienone is 1. The highest BCUT2D eigenvalue weighted by atomic mass is 16.6. The van der Waals surface area contributed by atoms with Crippen molar-refractivity contribution in [3.8, 4) is 0 Å². The lowest BCUT2D eigenvalue weighted by Crippen LogP contribution is -2.05. The molecule has 0 bridgehead atoms. The molecule has 3 heteroatoms. The Morgan fingerprint density at radius 3 is 2.50 bits per heavy atom. The summed E-state index contributed by atoms with van der Waals surface area (Å²) < 4.78 is 4.19. The Kier molecular flexibility index (Phi) is 4.20. The van der Waals surface area contributed by atoms with E-state index in [1.165, 1.54) is 13.0 Å². The highest BCUT2D eigenvalue weighted by molar-refractivity contribution is 5.91. The molecule has 0 unspecified atom stereocenters. The first-order valence-electron chi connectivity index (χ1n) is 3.05. The largest absolute Gasteiger partial charge is 0.390 e. The van der Waals surface area contributed by atoms with Crippen LogP contribution in [-0.4, -0.2) is 11.9 Å². The van der Waals surface area contributed by atoms with Gasteiger partial charge < -0.3 is 4.74 Å². The first-order valence-corrected chi connectivity index (χ1v) is 3.05. The molecular weight excluding hydrogens is 132 g/mol. The predicted octanol–water partition coefficient (Wildman–Crippen LogP) is 1.04. The Morgan fingerprint density at radius 1 is 1.50 bits per heavy atom. The summed E-state index contributed by atoms with van der Waals surface area (Å²) in [5.74, 6) is -1.18. The van der Waals surface area contributed by atoms with E-state index in [0.29, 0.717) is 0 Å². The van der Waals surface area contributed by atoms with E-state index in [4.69, 9.17) is 0 Å². The van der Waals surface area contributed by atoms with Gasteiger partial charge in [-0.2, -0.15) is 0 Å². The number of esters is 2. The molecule has 0 amide bonds. The van der Waals surface area contributed by atoms with E-state index in [-0.39, 0.29) is 0 Å². The van der Waals surface area contributed by atoms with Crippen LogP contribution < -0.4 is 0 Å². The molecule has 0 aromatic rings. The van der Waals surface area contributed by atoms with Gasteiger partial charge in [0.05, 0.1) is 0 Å². The van der Waals surface area contributed by atoms with Crippen LogP contribution in [0.4, 0.5) is 0 Å². The molecule has 0 radical (unpaired) electrons. The minimum absolute atomic E-state index is 0.578. The number of hydrogen-bond donors (Lipinski definition) is 0. The Labute approximate surface area is 59.7 Å². The SMILES string of the molecule is CCC=CC(=O)OC(C)=O. The van der Waals surface area contributed by atoms with Crippen LogP contribution in [0.25, 0.3) is 0 Å². The summed E-state index contributed by atoms with van der Waals surface area (Å²) in [6.45, 7) is 3.08. The summed E-state index contributed by atoms with van der Waals surface area (Å²) >= 11 is 0. The molecule has 0 saturated carbocycles. The third-order valence-corrected chi connectivity index (χ3v) is 0.734. The van der Waals surface area contributed by atoms with Crippen molar-refractivity contribution in [2.24, 2.45) is 0 Å². The second kappa shape index (κ2) is 4.73. The van der Waals surface area contributed by atoms with Crippen LogP contribution >= 0.6 is 0 Å². The second-order valence-corrected chi connectivity index (χ2v) is 1.72. The lowest BCUT2D eigenvalue weighted by atomic mass is 10.4. The molecule has 0 atom stereocenters. The zero-order chi connectivity index (χ0) is 7.98. The first kappa shape index (κ1) is 8.88. The fourth-order valence-electron chi connectivity index (χ4n) is 0.390. The highest BCUT2D eigenvalue weighted by Crippen LogP contribution is 1.84. The van der Waals surface area contributed by atoms with Gasteiger partial charge >= 0.3 is 11.9 Å². The molecule has 56 valence electrons. The molecule has 0 spiro atoms. The van der Waals surface area contributed by atoms with Crippen LogP contribution in [0.15, 0.2) is 12.2 Å². The van der Waals surface area contributed by atoms with Crippen LogP contribution in [-0.2, 0) is 14.3 Å². The lowest BCUT2D eigenvalue weighted by molar-refractivity contribution is -0.154. The smallest absolute Gasteiger partial charge is 0.338 e. The Morgan fingerprint density at radius 2 is 2.10 bits per heavy atom. The number of carbonyl (C=O) groups excluding carboxylic acids is 2. The second-order valence-electron chi connectivity index (χ2n) is 1.72. The van der Waals surface area contributed by atoms with Crippen molar-refractivity contribution in [2.75, 3.05) is 0 Å². The molecular formula is C7H10O3. The lowest BCUT2D eigenvalue weighted by Gasteiger charge is -1.90. The molecule has 0 aliphatic rings. The van der Waals surface area contributed by atoms with E-state index in [1.54, 1.807) is 6.08 Å². The Bertz CT molecular complexity index is 158. The maximum atomic E-state index is 10.5. The quantitative estimate of drug-likeness (QED) is 0.328. The fraction of sp³-hybridized carbons (Fsp3) is 0.429. The topological polar surface area (TPSA) is 43.4 Å². The molecule has 0 aromatic carbocycles. The van der Waals surface area contributed by atoms with Crippen molar-refractivity contribution < 1.29 is 14.3 Å². The third kappa shape index (κ3) is 5.03. The van der Waals surface area contributed by atoms with E-state index >= 15 is 0 Å². The molecule has 0 aliphatic carbocycles. The third-order valence-electron chi connectivity index (χ3n) is 0.734. The predicted molar refractivity (Wildman–Crippen MR) is 36.2 cm³/mol. The van der Waals surface area contributed by atoms with Gasteiger partial charge in [-0.05, 0) is 6.42 Å². The normalized spacial score (nSPS) is 9.80. The Hall–Kier alpha value is -1.12. The van der Waals surface area contributed by atoms with Crippen LogP contribution in [0.5, 0.6) is 0 Å². The van der Waals surface area contributed by atoms with Crippen LogP contribution in [0.1, 0.15) is 20.3 Å². The van der Waals surface area contributed by atoms with Gasteiger partial charge in [0.1, 0.15) is 0 Å². The Balaban J connectivity index is 3.64. The minimum atomic E-state index is -0.602. The first-order chi connectivity index (χ1) is 4.66. The molecule has 0 heterocycles. The van der Waals surface area contributed by atoms with Crippen molar-refractivity contribution in [3.63, 3.8) is 0 Å². The fourth-order valence-corrected chi connectivity index (χ4v) is 0.390. The van der Waals surface area contributed by atoms with E-state index in [2.05, 4.69) is 4.74 Å². The molecule has 3 nitrogen and oxygen atoms in total. The van der Waals surface area contributed by atoms with E-state index < -0.39 is 11.9 Å². The molecule has 10 heavy (non-hydrogen) atoms. The van der Waals surface area contributed by atoms with Gasteiger partial charge in [-0.15, -0.1) is 0 Å². The van der Waals surface area contributed by atoms with Crippen molar-refractivity contribution >= 4 is 11.9 Å². The number of carbonyl (C=O) groups is 2. The van der Waals surface area contributed by atoms with Crippen molar-refractivity contribution in [3.05, 3.63) is 12.2 Å². The summed E-state index contributed by atoms with van der Waals surface area (Å²) in [6.07, 6.45) is 3.62. The number of ether oxygens (including phenoxy) is 1. The van der Waals surface area contributed by atoms with Crippen molar-refractivity contribution in [1.82, 2.24) is 0 Å². The summed E-state index contributed by atoms with van der Waals surface area (Å²) in [5.41, 5.74) is 0. The summed E-state index contributed by atoms with van der Waals surface area (Å²) in [5, 5.41) is 0. The van der Waals surface area contributed by atoms with Gasteiger partial charge in [0.2, 0.25) is 0 Å². The average Bonchev–Trinajstić information content (AvgIpc) is 1.82. The van der Waals surface area contributed by atoms with Crippen LogP contribution in [0, 0.1) is 0 Å². The van der Waals surface area contributed by atoms with Gasteiger partial charge in [0.15, 0.2) is 0 Å². The van der Waals surface area contributed by atoms with Crippen LogP contribution in [0.3, 0.4) is 0 Å². The standard InChI is InChI=1S/C7H10O3/c1-3-4-5-7(9)10-6(2)8/h4-5H,3H2,1-2H3. The molecule has 0 aromatic heterocycles. The summed E-state index contributed by atoms with van der Waals surface area (Å²) in [7, 11) is 0. The van der Waals surface area contributed by atoms with Crippen molar-refractivity contribution in [2.45, 2.75) is 20.3 Å². The molecule has 0 aliphatic heterocycles. The molecule has 0 rings (SSSR count). The van der Waals surface area contributed by atoms with Gasteiger partial charge in [0, 0.05) is 13.0 Å². The maximum Gasteiger partial charge on any atom is 0.338 e. The van der Waals surface area contributed by atoms with E-state index in [0.717, 1.165) is 6.42 Å². The number of hydrogen-bond acceptors (Lipinski definition) is 3. The average molecular weight is 142 g/mol. The zero-order valence-electron chi connectivity index (χ0n) is 6.09. The van der Waals surface area contributed by atoms with E-state index in [1.807, 2.05) is 6.92 Å². The summed E-state index contributed by atoms with van der Waals surface area (Å²) in [4.78, 5) is 20.6. The maximum absolute atomic E-state index is 10.5. The number of rotatable bonds is 2. The van der Waals surface area contributed by atoms with Crippen LogP contribution in [0.2, 0.25) is 0 Å². The van der Waals surface area contributed by atoms with Gasteiger partial charge in [-0.1, -0.05) is 13.0 Å². The zero-order valence-corrected chi connectivity index (χ0v) is 6.09. The van der Waals surface area contributed by atoms with E-state index in [9.17, 15) is 9.59 Å². The molecule has 0 fully saturated rings. The van der Waals surface area contributed by atoms with Crippen molar-refractivity contribution in [1.29, 1.82) is 0 Å². The van der Waals surface area contributed by atoms with Gasteiger partial charge in [-0.25, -0.2) is 4.79 Å². The minimum Gasteiger partial charge on any atom is -0.390 e. The highest BCUT2D eigenvalue weighted by Gasteiger charge is 1.98. The van der Waals surface area contributed by atoms with Gasteiger partial charge in [-0.3, -0.25) is 4.79 Å². The van der Waals surface area contributed by atoms with Gasteiger partial charge in [0.25, 0.3) is 0 Å².